The van der Waals surface area contributed by atoms with Gasteiger partial charge in [0, 0.05) is 17.5 Å². The van der Waals surface area contributed by atoms with Crippen LogP contribution in [0.2, 0.25) is 0 Å². The van der Waals surface area contributed by atoms with Gasteiger partial charge >= 0.3 is 0 Å². The summed E-state index contributed by atoms with van der Waals surface area (Å²) in [6.45, 7) is 4.96. The van der Waals surface area contributed by atoms with Crippen LogP contribution in [-0.4, -0.2) is 54.7 Å². The Morgan fingerprint density at radius 1 is 1.16 bits per heavy atom. The molecular weight excluding hydrogens is 428 g/mol. The van der Waals surface area contributed by atoms with Crippen LogP contribution in [0, 0.1) is 13.8 Å². The summed E-state index contributed by atoms with van der Waals surface area (Å²) in [6, 6.07) is 8.87. The lowest BCUT2D eigenvalue weighted by Gasteiger charge is -2.22. The van der Waals surface area contributed by atoms with Gasteiger partial charge < -0.3 is 24.4 Å². The average molecular weight is 455 g/mol. The number of fused-ring (bicyclic) bond motifs is 1. The summed E-state index contributed by atoms with van der Waals surface area (Å²) >= 11 is 1.56. The predicted octanol–water partition coefficient (Wildman–Crippen LogP) is 3.64. The molecule has 168 valence electrons. The summed E-state index contributed by atoms with van der Waals surface area (Å²) in [4.78, 5) is 27.3. The second-order valence-corrected chi connectivity index (χ2v) is 8.69. The third kappa shape index (κ3) is 4.70. The molecule has 0 aliphatic carbocycles. The highest BCUT2D eigenvalue weighted by atomic mass is 32.2. The summed E-state index contributed by atoms with van der Waals surface area (Å²) in [5.74, 6) is 2.35. The zero-order chi connectivity index (χ0) is 22.7. The number of ether oxygens (including phenoxy) is 3. The fraction of sp³-hybridized carbons (Fsp3) is 0.333. The van der Waals surface area contributed by atoms with Crippen LogP contribution in [0.1, 0.15) is 16.7 Å². The maximum atomic E-state index is 12.9. The Morgan fingerprint density at radius 2 is 1.97 bits per heavy atom. The molecule has 0 bridgehead atoms. The summed E-state index contributed by atoms with van der Waals surface area (Å²) in [6.07, 6.45) is 3.18. The molecule has 2 aromatic carbocycles. The van der Waals surface area contributed by atoms with Gasteiger partial charge in [0.1, 0.15) is 19.3 Å². The quantitative estimate of drug-likeness (QED) is 0.696. The first-order valence-corrected chi connectivity index (χ1v) is 11.5. The minimum absolute atomic E-state index is 0.180. The highest BCUT2D eigenvalue weighted by Crippen LogP contribution is 2.40. The second-order valence-electron chi connectivity index (χ2n) is 7.69. The van der Waals surface area contributed by atoms with Gasteiger partial charge in [-0.25, -0.2) is 0 Å². The van der Waals surface area contributed by atoms with E-state index in [0.29, 0.717) is 42.1 Å². The molecule has 0 saturated carbocycles. The van der Waals surface area contributed by atoms with Crippen LogP contribution in [0.5, 0.6) is 17.2 Å². The van der Waals surface area contributed by atoms with Crippen LogP contribution in [0.3, 0.4) is 0 Å². The number of hydrogen-bond donors (Lipinski definition) is 1. The molecule has 2 heterocycles. The number of rotatable bonds is 5. The fourth-order valence-electron chi connectivity index (χ4n) is 3.57. The maximum Gasteiger partial charge on any atom is 0.248 e. The van der Waals surface area contributed by atoms with Crippen molar-refractivity contribution in [3.63, 3.8) is 0 Å². The Kier molecular flexibility index (Phi) is 6.60. The van der Waals surface area contributed by atoms with E-state index < -0.39 is 6.04 Å². The van der Waals surface area contributed by atoms with Gasteiger partial charge in [-0.1, -0.05) is 6.07 Å². The van der Waals surface area contributed by atoms with Gasteiger partial charge in [-0.3, -0.25) is 9.59 Å². The average Bonchev–Trinajstić information content (AvgIpc) is 3.29. The molecule has 32 heavy (non-hydrogen) atoms. The monoisotopic (exact) mass is 454 g/mol. The Morgan fingerprint density at radius 3 is 2.75 bits per heavy atom. The van der Waals surface area contributed by atoms with Crippen LogP contribution >= 0.6 is 11.8 Å². The minimum atomic E-state index is -0.520. The standard InChI is InChI=1S/C24H26N2O5S/c1-15-4-6-18(10-16(15)2)25-24(28)19-13-32-14-26(19)22(27)7-5-17-11-20(29-3)23-21(12-17)30-8-9-31-23/h4-7,10-12,19H,8-9,13-14H2,1-3H3,(H,25,28)/b7-5+. The van der Waals surface area contributed by atoms with Gasteiger partial charge in [0.25, 0.3) is 0 Å². The topological polar surface area (TPSA) is 77.1 Å². The fourth-order valence-corrected chi connectivity index (χ4v) is 4.74. The van der Waals surface area contributed by atoms with Crippen molar-refractivity contribution in [3.05, 3.63) is 53.1 Å². The van der Waals surface area contributed by atoms with E-state index in [-0.39, 0.29) is 11.8 Å². The zero-order valence-corrected chi connectivity index (χ0v) is 19.2. The van der Waals surface area contributed by atoms with E-state index in [2.05, 4.69) is 5.32 Å². The molecule has 1 atom stereocenters. The van der Waals surface area contributed by atoms with Gasteiger partial charge in [0.15, 0.2) is 11.5 Å². The molecule has 8 heteroatoms. The number of aryl methyl sites for hydroxylation is 2. The molecule has 1 fully saturated rings. The van der Waals surface area contributed by atoms with Crippen molar-refractivity contribution in [1.29, 1.82) is 0 Å². The van der Waals surface area contributed by atoms with Gasteiger partial charge in [-0.2, -0.15) is 0 Å². The van der Waals surface area contributed by atoms with Crippen LogP contribution in [0.4, 0.5) is 5.69 Å². The molecule has 2 aliphatic heterocycles. The summed E-state index contributed by atoms with van der Waals surface area (Å²) < 4.78 is 16.6. The van der Waals surface area contributed by atoms with Crippen molar-refractivity contribution >= 4 is 35.3 Å². The van der Waals surface area contributed by atoms with E-state index in [4.69, 9.17) is 14.2 Å². The smallest absolute Gasteiger partial charge is 0.248 e. The molecule has 2 amide bonds. The summed E-state index contributed by atoms with van der Waals surface area (Å²) in [5.41, 5.74) is 3.76. The highest BCUT2D eigenvalue weighted by Gasteiger charge is 2.33. The number of nitrogens with one attached hydrogen (secondary N) is 1. The third-order valence-corrected chi connectivity index (χ3v) is 6.52. The van der Waals surface area contributed by atoms with E-state index >= 15 is 0 Å². The molecule has 7 nitrogen and oxygen atoms in total. The van der Waals surface area contributed by atoms with Crippen molar-refractivity contribution in [3.8, 4) is 17.2 Å². The van der Waals surface area contributed by atoms with Crippen LogP contribution in [0.25, 0.3) is 6.08 Å². The molecule has 0 radical (unpaired) electrons. The van der Waals surface area contributed by atoms with Crippen molar-refractivity contribution < 1.29 is 23.8 Å². The Labute approximate surface area is 191 Å². The van der Waals surface area contributed by atoms with E-state index in [0.717, 1.165) is 22.4 Å². The zero-order valence-electron chi connectivity index (χ0n) is 18.3. The lowest BCUT2D eigenvalue weighted by molar-refractivity contribution is -0.132. The van der Waals surface area contributed by atoms with Gasteiger partial charge in [0.2, 0.25) is 17.6 Å². The molecule has 1 N–H and O–H groups in total. The number of hydrogen-bond acceptors (Lipinski definition) is 6. The van der Waals surface area contributed by atoms with E-state index in [1.54, 1.807) is 35.9 Å². The lowest BCUT2D eigenvalue weighted by atomic mass is 10.1. The van der Waals surface area contributed by atoms with Crippen molar-refractivity contribution in [1.82, 2.24) is 4.90 Å². The Hall–Kier alpha value is -3.13. The highest BCUT2D eigenvalue weighted by molar-refractivity contribution is 7.99. The summed E-state index contributed by atoms with van der Waals surface area (Å²) in [7, 11) is 1.56. The number of anilines is 1. The number of amides is 2. The van der Waals surface area contributed by atoms with Crippen molar-refractivity contribution in [2.75, 3.05) is 37.3 Å². The minimum Gasteiger partial charge on any atom is -0.493 e. The molecule has 2 aromatic rings. The lowest BCUT2D eigenvalue weighted by Crippen LogP contribution is -2.43. The number of benzene rings is 2. The number of nitrogens with zero attached hydrogens (tertiary/aromatic N) is 1. The Bertz CT molecular complexity index is 1050. The molecule has 1 unspecified atom stereocenters. The molecular formula is C24H26N2O5S. The maximum absolute atomic E-state index is 12.9. The first-order valence-electron chi connectivity index (χ1n) is 10.4. The Balaban J connectivity index is 1.46. The SMILES string of the molecule is COc1cc(/C=C/C(=O)N2CSCC2C(=O)Nc2ccc(C)c(C)c2)cc2c1OCCO2. The van der Waals surface area contributed by atoms with Crippen molar-refractivity contribution in [2.24, 2.45) is 0 Å². The normalized spacial score (nSPS) is 17.5. The first kappa shape index (κ1) is 22.1. The van der Waals surface area contributed by atoms with Gasteiger partial charge in [0.05, 0.1) is 13.0 Å². The predicted molar refractivity (Wildman–Crippen MR) is 126 cm³/mol. The van der Waals surface area contributed by atoms with Crippen LogP contribution in [-0.2, 0) is 9.59 Å². The molecule has 2 aliphatic rings. The third-order valence-electron chi connectivity index (χ3n) is 5.51. The molecule has 0 aromatic heterocycles. The second kappa shape index (κ2) is 9.56. The number of carbonyl (C=O) groups is 2. The van der Waals surface area contributed by atoms with E-state index in [9.17, 15) is 9.59 Å². The van der Waals surface area contributed by atoms with Gasteiger partial charge in [-0.05, 0) is 60.9 Å². The molecule has 0 spiro atoms. The van der Waals surface area contributed by atoms with E-state index in [1.807, 2.05) is 38.1 Å². The first-order chi connectivity index (χ1) is 15.5. The molecule has 4 rings (SSSR count). The number of thioether (sulfide) groups is 1. The largest absolute Gasteiger partial charge is 0.493 e. The van der Waals surface area contributed by atoms with E-state index in [1.165, 1.54) is 6.08 Å². The number of methoxy groups -OCH3 is 1. The van der Waals surface area contributed by atoms with Crippen molar-refractivity contribution in [2.45, 2.75) is 19.9 Å². The number of carbonyl (C=O) groups excluding carboxylic acids is 2. The van der Waals surface area contributed by atoms with Gasteiger partial charge in [-0.15, -0.1) is 11.8 Å². The van der Waals surface area contributed by atoms with Crippen LogP contribution in [0.15, 0.2) is 36.4 Å². The summed E-state index contributed by atoms with van der Waals surface area (Å²) in [5, 5.41) is 2.94. The molecule has 1 saturated heterocycles. The van der Waals surface area contributed by atoms with Crippen LogP contribution < -0.4 is 19.5 Å².